The van der Waals surface area contributed by atoms with E-state index in [2.05, 4.69) is 21.3 Å². The minimum absolute atomic E-state index is 0.0734. The lowest BCUT2D eigenvalue weighted by Gasteiger charge is -2.14. The number of rotatable bonds is 12. The monoisotopic (exact) mass is 736 g/mol. The number of hydrogen-bond donors (Lipinski definition) is 4. The molecule has 1 unspecified atom stereocenters. The third-order valence-corrected chi connectivity index (χ3v) is 9.79. The predicted molar refractivity (Wildman–Crippen MR) is 202 cm³/mol. The smallest absolute Gasteiger partial charge is 0.341 e. The molecule has 1 aromatic heterocycles. The van der Waals surface area contributed by atoms with E-state index in [1.54, 1.807) is 92.7 Å². The zero-order valence-electron chi connectivity index (χ0n) is 28.2. The number of carbonyl (C=O) groups excluding carboxylic acids is 5. The zero-order valence-corrected chi connectivity index (χ0v) is 29.8. The fourth-order valence-corrected chi connectivity index (χ4v) is 6.88. The van der Waals surface area contributed by atoms with Crippen molar-refractivity contribution in [3.63, 3.8) is 0 Å². The molecule has 0 radical (unpaired) electrons. The summed E-state index contributed by atoms with van der Waals surface area (Å²) in [7, 11) is 1.22. The van der Waals surface area contributed by atoms with Gasteiger partial charge in [-0.15, -0.1) is 23.1 Å². The second-order valence-corrected chi connectivity index (χ2v) is 13.7. The number of methoxy groups -OCH3 is 1. The Morgan fingerprint density at radius 2 is 1.44 bits per heavy atom. The molecule has 5 aromatic rings. The molecule has 1 heterocycles. The quantitative estimate of drug-likeness (QED) is 0.0583. The summed E-state index contributed by atoms with van der Waals surface area (Å²) in [5.41, 5.74) is 2.18. The first kappa shape index (κ1) is 37.2. The molecule has 0 saturated heterocycles. The highest BCUT2D eigenvalue weighted by molar-refractivity contribution is 8.00. The van der Waals surface area contributed by atoms with Gasteiger partial charge in [0.1, 0.15) is 16.5 Å². The average Bonchev–Trinajstić information content (AvgIpc) is 3.47. The number of carbonyl (C=O) groups is 5. The summed E-state index contributed by atoms with van der Waals surface area (Å²) >= 11 is 2.17. The van der Waals surface area contributed by atoms with Gasteiger partial charge in [-0.3, -0.25) is 19.2 Å². The molecule has 10 nitrogen and oxygen atoms in total. The van der Waals surface area contributed by atoms with Crippen molar-refractivity contribution in [1.82, 2.24) is 5.32 Å². The standard InChI is InChI=1S/C39H33FN4O6S2/c1-23-32(39(49)50-3)38(52-33(23)37(48)41-28-13-8-5-9-14-28)44-34(45)24(2)51-30-16-10-15-29(22-30)42-36(47)31(21-25-17-19-27(40)20-18-25)43-35(46)26-11-6-4-7-12-26/h4-22,24H,1-3H3,(H,41,48)(H,42,47)(H,43,46)(H,44,45)/b31-21+. The van der Waals surface area contributed by atoms with Crippen molar-refractivity contribution in [2.24, 2.45) is 0 Å². The lowest BCUT2D eigenvalue weighted by atomic mass is 10.1. The number of para-hydroxylation sites is 1. The van der Waals surface area contributed by atoms with Crippen LogP contribution in [0.2, 0.25) is 0 Å². The maximum atomic E-state index is 13.5. The van der Waals surface area contributed by atoms with Gasteiger partial charge in [0.05, 0.1) is 22.8 Å². The van der Waals surface area contributed by atoms with Gasteiger partial charge >= 0.3 is 5.97 Å². The first-order chi connectivity index (χ1) is 25.0. The van der Waals surface area contributed by atoms with Crippen LogP contribution in [0.15, 0.2) is 120 Å². The molecule has 0 aliphatic carbocycles. The van der Waals surface area contributed by atoms with Crippen molar-refractivity contribution in [3.8, 4) is 0 Å². The summed E-state index contributed by atoms with van der Waals surface area (Å²) in [6.45, 7) is 3.29. The van der Waals surface area contributed by atoms with Crippen LogP contribution in [0.5, 0.6) is 0 Å². The normalized spacial score (nSPS) is 11.6. The van der Waals surface area contributed by atoms with E-state index in [-0.39, 0.29) is 21.1 Å². The second kappa shape index (κ2) is 17.2. The maximum absolute atomic E-state index is 13.5. The van der Waals surface area contributed by atoms with Crippen LogP contribution >= 0.6 is 23.1 Å². The highest BCUT2D eigenvalue weighted by Crippen LogP contribution is 2.35. The summed E-state index contributed by atoms with van der Waals surface area (Å²) in [6, 6.07) is 29.5. The Labute approximate surface area is 307 Å². The molecule has 52 heavy (non-hydrogen) atoms. The number of esters is 1. The summed E-state index contributed by atoms with van der Waals surface area (Å²) in [5.74, 6) is -3.14. The van der Waals surface area contributed by atoms with Gasteiger partial charge in [-0.25, -0.2) is 9.18 Å². The Morgan fingerprint density at radius 3 is 2.12 bits per heavy atom. The van der Waals surface area contributed by atoms with E-state index in [9.17, 15) is 28.4 Å². The van der Waals surface area contributed by atoms with Crippen molar-refractivity contribution in [3.05, 3.63) is 148 Å². The van der Waals surface area contributed by atoms with Crippen molar-refractivity contribution in [2.75, 3.05) is 23.1 Å². The van der Waals surface area contributed by atoms with E-state index in [1.807, 2.05) is 6.07 Å². The van der Waals surface area contributed by atoms with E-state index < -0.39 is 40.7 Å². The van der Waals surface area contributed by atoms with Crippen LogP contribution < -0.4 is 21.3 Å². The number of amides is 4. The number of nitrogens with one attached hydrogen (secondary N) is 4. The van der Waals surface area contributed by atoms with E-state index in [0.29, 0.717) is 33.0 Å². The van der Waals surface area contributed by atoms with Crippen LogP contribution in [-0.4, -0.2) is 42.0 Å². The topological polar surface area (TPSA) is 143 Å². The van der Waals surface area contributed by atoms with Crippen molar-refractivity contribution in [1.29, 1.82) is 0 Å². The van der Waals surface area contributed by atoms with Gasteiger partial charge in [0.2, 0.25) is 5.91 Å². The maximum Gasteiger partial charge on any atom is 0.341 e. The van der Waals surface area contributed by atoms with Crippen LogP contribution in [0.25, 0.3) is 6.08 Å². The van der Waals surface area contributed by atoms with E-state index >= 15 is 0 Å². The highest BCUT2D eigenvalue weighted by atomic mass is 32.2. The molecule has 4 amide bonds. The number of halogens is 1. The molecule has 4 N–H and O–H groups in total. The van der Waals surface area contributed by atoms with E-state index in [0.717, 1.165) is 11.3 Å². The number of ether oxygens (including phenoxy) is 1. The van der Waals surface area contributed by atoms with Crippen LogP contribution in [-0.2, 0) is 14.3 Å². The molecule has 264 valence electrons. The molecule has 4 aromatic carbocycles. The SMILES string of the molecule is COC(=O)c1c(NC(=O)C(C)Sc2cccc(NC(=O)/C(=C\c3ccc(F)cc3)NC(=O)c3ccccc3)c2)sc(C(=O)Nc2ccccc2)c1C. The van der Waals surface area contributed by atoms with Gasteiger partial charge in [-0.05, 0) is 85.6 Å². The molecular weight excluding hydrogens is 704 g/mol. The molecule has 0 aliphatic heterocycles. The summed E-state index contributed by atoms with van der Waals surface area (Å²) < 4.78 is 18.5. The number of thiophene rings is 1. The molecule has 0 fully saturated rings. The number of thioether (sulfide) groups is 1. The van der Waals surface area contributed by atoms with E-state index in [4.69, 9.17) is 4.74 Å². The lowest BCUT2D eigenvalue weighted by Crippen LogP contribution is -2.30. The Hall–Kier alpha value is -6.05. The third kappa shape index (κ3) is 9.59. The Kier molecular flexibility index (Phi) is 12.3. The Balaban J connectivity index is 1.29. The lowest BCUT2D eigenvalue weighted by molar-refractivity contribution is -0.115. The predicted octanol–water partition coefficient (Wildman–Crippen LogP) is 7.76. The van der Waals surface area contributed by atoms with Gasteiger partial charge in [0.25, 0.3) is 17.7 Å². The Morgan fingerprint density at radius 1 is 0.788 bits per heavy atom. The molecule has 13 heteroatoms. The molecule has 1 atom stereocenters. The fraction of sp³-hybridized carbons (Fsp3) is 0.103. The zero-order chi connectivity index (χ0) is 37.2. The number of hydrogen-bond acceptors (Lipinski definition) is 8. The summed E-state index contributed by atoms with van der Waals surface area (Å²) in [6.07, 6.45) is 1.44. The molecule has 0 aliphatic rings. The molecule has 0 bridgehead atoms. The highest BCUT2D eigenvalue weighted by Gasteiger charge is 2.28. The molecule has 0 saturated carbocycles. The largest absolute Gasteiger partial charge is 0.465 e. The van der Waals surface area contributed by atoms with Gasteiger partial charge < -0.3 is 26.0 Å². The fourth-order valence-electron chi connectivity index (χ4n) is 4.86. The van der Waals surface area contributed by atoms with Gasteiger partial charge in [0.15, 0.2) is 0 Å². The van der Waals surface area contributed by atoms with Crippen LogP contribution in [0.1, 0.15) is 48.4 Å². The molecular formula is C39H33FN4O6S2. The van der Waals surface area contributed by atoms with Crippen LogP contribution in [0, 0.1) is 12.7 Å². The first-order valence-electron chi connectivity index (χ1n) is 15.8. The number of anilines is 3. The third-order valence-electron chi connectivity index (χ3n) is 7.49. The van der Waals surface area contributed by atoms with Crippen LogP contribution in [0.3, 0.4) is 0 Å². The van der Waals surface area contributed by atoms with Crippen molar-refractivity contribution in [2.45, 2.75) is 24.0 Å². The number of benzene rings is 4. The van der Waals surface area contributed by atoms with Gasteiger partial charge in [-0.1, -0.05) is 54.6 Å². The summed E-state index contributed by atoms with van der Waals surface area (Å²) in [5, 5.41) is 10.5. The van der Waals surface area contributed by atoms with Crippen molar-refractivity contribution < 1.29 is 33.1 Å². The summed E-state index contributed by atoms with van der Waals surface area (Å²) in [4.78, 5) is 66.6. The van der Waals surface area contributed by atoms with Crippen molar-refractivity contribution >= 4 is 75.1 Å². The Bertz CT molecular complexity index is 2140. The van der Waals surface area contributed by atoms with Gasteiger partial charge in [0, 0.05) is 21.8 Å². The van der Waals surface area contributed by atoms with Gasteiger partial charge in [-0.2, -0.15) is 0 Å². The molecule has 5 rings (SSSR count). The second-order valence-electron chi connectivity index (χ2n) is 11.2. The minimum Gasteiger partial charge on any atom is -0.465 e. The van der Waals surface area contributed by atoms with E-state index in [1.165, 1.54) is 49.2 Å². The first-order valence-corrected chi connectivity index (χ1v) is 17.5. The molecule has 0 spiro atoms. The van der Waals surface area contributed by atoms with Crippen LogP contribution in [0.4, 0.5) is 20.8 Å². The average molecular weight is 737 g/mol. The minimum atomic E-state index is -0.695.